The molecular formula is C16H10F5NO4S. The molecule has 2 rings (SSSR count). The molecule has 27 heavy (non-hydrogen) atoms. The Balaban J connectivity index is 2.43. The van der Waals surface area contributed by atoms with Crippen molar-refractivity contribution in [3.63, 3.8) is 0 Å². The molecule has 0 aromatic heterocycles. The van der Waals surface area contributed by atoms with Gasteiger partial charge in [0.1, 0.15) is 16.4 Å². The molecule has 2 aromatic rings. The highest BCUT2D eigenvalue weighted by Crippen LogP contribution is 2.27. The molecule has 0 aliphatic heterocycles. The second kappa shape index (κ2) is 8.35. The Morgan fingerprint density at radius 1 is 1.04 bits per heavy atom. The van der Waals surface area contributed by atoms with Crippen molar-refractivity contribution in [3.05, 3.63) is 79.6 Å². The summed E-state index contributed by atoms with van der Waals surface area (Å²) in [6.45, 7) is 0. The van der Waals surface area contributed by atoms with Gasteiger partial charge in [0.25, 0.3) is 0 Å². The van der Waals surface area contributed by atoms with Crippen LogP contribution in [0.2, 0.25) is 0 Å². The van der Waals surface area contributed by atoms with Gasteiger partial charge in [-0.25, -0.2) is 22.0 Å². The lowest BCUT2D eigenvalue weighted by molar-refractivity contribution is -0.410. The van der Waals surface area contributed by atoms with Crippen molar-refractivity contribution in [3.8, 4) is 5.75 Å². The number of halogens is 5. The van der Waals surface area contributed by atoms with E-state index in [1.54, 1.807) is 0 Å². The third-order valence-electron chi connectivity index (χ3n) is 3.38. The zero-order valence-electron chi connectivity index (χ0n) is 13.5. The predicted molar refractivity (Wildman–Crippen MR) is 86.0 cm³/mol. The predicted octanol–water partition coefficient (Wildman–Crippen LogP) is 3.91. The van der Waals surface area contributed by atoms with Gasteiger partial charge in [-0.2, -0.15) is 0 Å². The first kappa shape index (κ1) is 20.6. The Labute approximate surface area is 152 Å². The van der Waals surface area contributed by atoms with Crippen LogP contribution in [0.3, 0.4) is 0 Å². The van der Waals surface area contributed by atoms with Gasteiger partial charge in [0, 0.05) is 5.56 Å². The van der Waals surface area contributed by atoms with Crippen LogP contribution in [0, 0.1) is 39.2 Å². The van der Waals surface area contributed by atoms with E-state index in [2.05, 4.69) is 0 Å². The molecule has 144 valence electrons. The van der Waals surface area contributed by atoms with Crippen LogP contribution >= 0.6 is 0 Å². The van der Waals surface area contributed by atoms with Crippen LogP contribution in [0.1, 0.15) is 11.1 Å². The third kappa shape index (κ3) is 4.37. The number of benzene rings is 2. The van der Waals surface area contributed by atoms with Crippen molar-refractivity contribution in [2.45, 2.75) is 5.75 Å². The van der Waals surface area contributed by atoms with Crippen molar-refractivity contribution in [1.29, 1.82) is 0 Å². The number of hydrogen-bond acceptors (Lipinski definition) is 4. The highest BCUT2D eigenvalue weighted by molar-refractivity contribution is 7.94. The average molecular weight is 407 g/mol. The Kier molecular flexibility index (Phi) is 6.39. The van der Waals surface area contributed by atoms with Crippen LogP contribution in [-0.2, 0) is 16.9 Å². The summed E-state index contributed by atoms with van der Waals surface area (Å²) in [5.74, 6) is -11.4. The first-order chi connectivity index (χ1) is 12.7. The topological polar surface area (TPSA) is 75.4 Å². The number of hydrogen-bond donors (Lipinski definition) is 0. The normalized spacial score (nSPS) is 12.8. The van der Waals surface area contributed by atoms with E-state index in [9.17, 15) is 36.6 Å². The monoisotopic (exact) mass is 407 g/mol. The zero-order chi connectivity index (χ0) is 20.3. The lowest BCUT2D eigenvalue weighted by Crippen LogP contribution is -2.15. The van der Waals surface area contributed by atoms with E-state index in [4.69, 9.17) is 4.74 Å². The molecule has 1 atom stereocenters. The molecule has 5 nitrogen and oxygen atoms in total. The van der Waals surface area contributed by atoms with E-state index >= 15 is 0 Å². The molecule has 0 amide bonds. The van der Waals surface area contributed by atoms with Crippen LogP contribution in [0.25, 0.3) is 6.08 Å². The van der Waals surface area contributed by atoms with Gasteiger partial charge in [-0.1, -0.05) is 12.1 Å². The summed E-state index contributed by atoms with van der Waals surface area (Å²) in [7, 11) is 1.41. The lowest BCUT2D eigenvalue weighted by Gasteiger charge is -2.09. The maximum Gasteiger partial charge on any atom is 0.441 e. The minimum atomic E-state index is -2.43. The maximum atomic E-state index is 13.7. The molecule has 2 aromatic carbocycles. The first-order valence-electron chi connectivity index (χ1n) is 7.06. The molecular weight excluding hydrogens is 397 g/mol. The van der Waals surface area contributed by atoms with E-state index in [1.807, 2.05) is 0 Å². The number of nitro groups is 1. The van der Waals surface area contributed by atoms with Crippen molar-refractivity contribution < 1.29 is 36.2 Å². The summed E-state index contributed by atoms with van der Waals surface area (Å²) >= 11 is -2.43. The van der Waals surface area contributed by atoms with E-state index in [1.165, 1.54) is 31.4 Å². The molecule has 0 saturated heterocycles. The van der Waals surface area contributed by atoms with Crippen LogP contribution < -0.4 is 4.74 Å². The molecule has 1 unspecified atom stereocenters. The van der Waals surface area contributed by atoms with Crippen molar-refractivity contribution in [1.82, 2.24) is 0 Å². The lowest BCUT2D eigenvalue weighted by atomic mass is 10.1. The van der Waals surface area contributed by atoms with E-state index < -0.39 is 61.5 Å². The van der Waals surface area contributed by atoms with Crippen molar-refractivity contribution in [2.75, 3.05) is 7.11 Å². The molecule has 0 N–H and O–H groups in total. The van der Waals surface area contributed by atoms with Crippen molar-refractivity contribution in [2.24, 2.45) is 0 Å². The molecule has 0 radical (unpaired) electrons. The Hall–Kier alpha value is -2.66. The average Bonchev–Trinajstić information content (AvgIpc) is 2.65. The Morgan fingerprint density at radius 2 is 1.52 bits per heavy atom. The number of rotatable bonds is 6. The summed E-state index contributed by atoms with van der Waals surface area (Å²) in [6, 6.07) is 5.89. The largest absolute Gasteiger partial charge is 0.606 e. The minimum Gasteiger partial charge on any atom is -0.606 e. The van der Waals surface area contributed by atoms with Crippen LogP contribution in [0.5, 0.6) is 5.75 Å². The van der Waals surface area contributed by atoms with Gasteiger partial charge in [0.2, 0.25) is 5.82 Å². The summed E-state index contributed by atoms with van der Waals surface area (Å²) in [5.41, 5.74) is -1.18. The summed E-state index contributed by atoms with van der Waals surface area (Å²) in [4.78, 5) is 9.90. The highest BCUT2D eigenvalue weighted by atomic mass is 32.2. The standard InChI is InChI=1S/C16H10F5NO4S/c1-26-9-4-2-8(3-5-9)7-27(25)11(22(23)24)6-10-12(17)14(19)16(21)15(20)13(10)18/h2-6H,7H2,1H3/b11-6+. The second-order valence-corrected chi connectivity index (χ2v) is 6.46. The SMILES string of the molecule is COc1ccc(C[S+]([O-])/C(=C/c2c(F)c(F)c(F)c(F)c2F)[N+](=O)[O-])cc1. The fraction of sp³-hybridized carbons (Fsp3) is 0.125. The molecule has 0 saturated carbocycles. The summed E-state index contributed by atoms with van der Waals surface area (Å²) in [6.07, 6.45) is 0.0793. The smallest absolute Gasteiger partial charge is 0.441 e. The van der Waals surface area contributed by atoms with Crippen LogP contribution in [0.4, 0.5) is 22.0 Å². The van der Waals surface area contributed by atoms with Gasteiger partial charge in [-0.15, -0.1) is 0 Å². The summed E-state index contributed by atoms with van der Waals surface area (Å²) < 4.78 is 84.1. The highest BCUT2D eigenvalue weighted by Gasteiger charge is 2.32. The zero-order valence-corrected chi connectivity index (χ0v) is 14.3. The van der Waals surface area contributed by atoms with E-state index in [-0.39, 0.29) is 6.08 Å². The fourth-order valence-corrected chi connectivity index (χ4v) is 3.08. The van der Waals surface area contributed by atoms with Gasteiger partial charge in [0.15, 0.2) is 23.3 Å². The molecule has 0 aliphatic rings. The van der Waals surface area contributed by atoms with Gasteiger partial charge in [0.05, 0.1) is 29.9 Å². The van der Waals surface area contributed by atoms with Gasteiger partial charge < -0.3 is 9.29 Å². The maximum absolute atomic E-state index is 13.7. The van der Waals surface area contributed by atoms with E-state index in [0.717, 1.165) is 0 Å². The first-order valence-corrected chi connectivity index (χ1v) is 8.38. The number of methoxy groups -OCH3 is 1. The second-order valence-electron chi connectivity index (χ2n) is 5.06. The molecule has 11 heteroatoms. The molecule has 0 bridgehead atoms. The van der Waals surface area contributed by atoms with Crippen molar-refractivity contribution >= 4 is 17.3 Å². The fourth-order valence-electron chi connectivity index (χ4n) is 2.02. The Bertz CT molecular complexity index is 876. The van der Waals surface area contributed by atoms with E-state index in [0.29, 0.717) is 11.3 Å². The number of ether oxygens (including phenoxy) is 1. The number of nitrogens with zero attached hydrogens (tertiary/aromatic N) is 1. The summed E-state index contributed by atoms with van der Waals surface area (Å²) in [5, 5.41) is 9.90. The van der Waals surface area contributed by atoms with Crippen LogP contribution in [-0.4, -0.2) is 16.6 Å². The molecule has 0 fully saturated rings. The van der Waals surface area contributed by atoms with Crippen LogP contribution in [0.15, 0.2) is 29.3 Å². The van der Waals surface area contributed by atoms with Gasteiger partial charge in [-0.05, 0) is 12.1 Å². The molecule has 0 spiro atoms. The third-order valence-corrected chi connectivity index (χ3v) is 4.71. The minimum absolute atomic E-state index is 0.0793. The molecule has 0 aliphatic carbocycles. The quantitative estimate of drug-likeness (QED) is 0.182. The van der Waals surface area contributed by atoms with Gasteiger partial charge in [-0.3, -0.25) is 10.1 Å². The Morgan fingerprint density at radius 3 is 1.96 bits per heavy atom. The molecule has 0 heterocycles. The van der Waals surface area contributed by atoms with Gasteiger partial charge >= 0.3 is 5.03 Å².